The second-order valence-corrected chi connectivity index (χ2v) is 7.67. The summed E-state index contributed by atoms with van der Waals surface area (Å²) < 4.78 is 7.66. The molecule has 0 bridgehead atoms. The molecule has 1 fully saturated rings. The van der Waals surface area contributed by atoms with Crippen molar-refractivity contribution in [3.8, 4) is 5.75 Å². The molecule has 0 spiro atoms. The molecule has 8 nitrogen and oxygen atoms in total. The molecular weight excluding hydrogens is 390 g/mol. The number of urea groups is 1. The first kappa shape index (κ1) is 19.0. The molecule has 1 saturated heterocycles. The quantitative estimate of drug-likeness (QED) is 0.608. The van der Waals surface area contributed by atoms with E-state index in [-0.39, 0.29) is 0 Å². The van der Waals surface area contributed by atoms with Crippen LogP contribution >= 0.6 is 11.8 Å². The van der Waals surface area contributed by atoms with E-state index in [2.05, 4.69) is 20.6 Å². The van der Waals surface area contributed by atoms with Crippen LogP contribution in [-0.4, -0.2) is 26.5 Å². The van der Waals surface area contributed by atoms with E-state index >= 15 is 0 Å². The number of carbonyl (C=O) groups is 2. The Morgan fingerprint density at radius 2 is 1.97 bits per heavy atom. The molecule has 1 aromatic carbocycles. The van der Waals surface area contributed by atoms with Gasteiger partial charge in [-0.25, -0.2) is 9.78 Å². The van der Waals surface area contributed by atoms with Gasteiger partial charge < -0.3 is 14.6 Å². The maximum Gasteiger partial charge on any atom is 0.322 e. The van der Waals surface area contributed by atoms with Crippen LogP contribution in [0.2, 0.25) is 0 Å². The zero-order valence-corrected chi connectivity index (χ0v) is 16.7. The number of carbonyl (C=O) groups excluding carboxylic acids is 2. The van der Waals surface area contributed by atoms with Crippen molar-refractivity contribution in [2.45, 2.75) is 29.5 Å². The lowest BCUT2D eigenvalue weighted by molar-refractivity contribution is -0.120. The summed E-state index contributed by atoms with van der Waals surface area (Å²) in [6.07, 6.45) is 3.40. The Morgan fingerprint density at radius 1 is 1.17 bits per heavy atom. The summed E-state index contributed by atoms with van der Waals surface area (Å²) in [5.41, 5.74) is 2.54. The second kappa shape index (κ2) is 7.96. The van der Waals surface area contributed by atoms with Crippen molar-refractivity contribution in [2.24, 2.45) is 7.05 Å². The zero-order valence-electron chi connectivity index (χ0n) is 15.9. The van der Waals surface area contributed by atoms with Crippen molar-refractivity contribution in [1.82, 2.24) is 25.2 Å². The van der Waals surface area contributed by atoms with Crippen molar-refractivity contribution >= 4 is 23.7 Å². The SMILES string of the molecule is Cc1cc(COc2ccc(Sc3c(C4NC(=O)NC4=O)ncn3C)cc2)ccn1. The van der Waals surface area contributed by atoms with Crippen molar-refractivity contribution in [3.63, 3.8) is 0 Å². The normalized spacial score (nSPS) is 15.9. The van der Waals surface area contributed by atoms with Crippen LogP contribution in [0.1, 0.15) is 23.0 Å². The van der Waals surface area contributed by atoms with E-state index in [1.807, 2.05) is 54.9 Å². The van der Waals surface area contributed by atoms with Crippen LogP contribution in [0.3, 0.4) is 0 Å². The van der Waals surface area contributed by atoms with E-state index in [9.17, 15) is 9.59 Å². The predicted molar refractivity (Wildman–Crippen MR) is 106 cm³/mol. The Morgan fingerprint density at radius 3 is 2.66 bits per heavy atom. The first-order valence-electron chi connectivity index (χ1n) is 8.94. The summed E-state index contributed by atoms with van der Waals surface area (Å²) in [5.74, 6) is 0.363. The smallest absolute Gasteiger partial charge is 0.322 e. The summed E-state index contributed by atoms with van der Waals surface area (Å²) in [4.78, 5) is 32.9. The fourth-order valence-electron chi connectivity index (χ4n) is 2.95. The number of aryl methyl sites for hydroxylation is 2. The third kappa shape index (κ3) is 4.24. The first-order chi connectivity index (χ1) is 14.0. The summed E-state index contributed by atoms with van der Waals surface area (Å²) in [7, 11) is 1.85. The number of hydrogen-bond donors (Lipinski definition) is 2. The van der Waals surface area contributed by atoms with Gasteiger partial charge in [-0.3, -0.25) is 15.1 Å². The Labute approximate surface area is 171 Å². The zero-order chi connectivity index (χ0) is 20.4. The Balaban J connectivity index is 1.45. The Hall–Kier alpha value is -3.33. The molecule has 1 aliphatic rings. The molecule has 3 heterocycles. The predicted octanol–water partition coefficient (Wildman–Crippen LogP) is 2.73. The molecular formula is C20H19N5O3S. The number of ether oxygens (including phenoxy) is 1. The van der Waals surface area contributed by atoms with E-state index < -0.39 is 18.0 Å². The van der Waals surface area contributed by atoms with Gasteiger partial charge in [0.2, 0.25) is 0 Å². The molecule has 3 amide bonds. The fourth-order valence-corrected chi connectivity index (χ4v) is 3.91. The number of imide groups is 1. The number of nitrogens with zero attached hydrogens (tertiary/aromatic N) is 3. The first-order valence-corrected chi connectivity index (χ1v) is 9.76. The number of benzene rings is 1. The molecule has 4 rings (SSSR count). The third-order valence-corrected chi connectivity index (χ3v) is 5.56. The number of hydrogen-bond acceptors (Lipinski definition) is 6. The van der Waals surface area contributed by atoms with Crippen molar-refractivity contribution in [3.05, 3.63) is 65.9 Å². The monoisotopic (exact) mass is 409 g/mol. The second-order valence-electron chi connectivity index (χ2n) is 6.61. The molecule has 0 radical (unpaired) electrons. The standard InChI is InChI=1S/C20H19N5O3S/c1-12-9-13(7-8-21-12)10-28-14-3-5-15(6-4-14)29-19-17(22-11-25(19)2)16-18(26)24-20(27)23-16/h3-9,11,16H,10H2,1-2H3,(H2,23,24,26,27). The van der Waals surface area contributed by atoms with Crippen molar-refractivity contribution in [1.29, 1.82) is 0 Å². The molecule has 1 atom stereocenters. The molecule has 3 aromatic rings. The minimum absolute atomic E-state index is 0.398. The van der Waals surface area contributed by atoms with Gasteiger partial charge >= 0.3 is 6.03 Å². The largest absolute Gasteiger partial charge is 0.489 e. The number of imidazole rings is 1. The lowest BCUT2D eigenvalue weighted by Gasteiger charge is -2.10. The van der Waals surface area contributed by atoms with Crippen LogP contribution < -0.4 is 15.4 Å². The average Bonchev–Trinajstić information content (AvgIpc) is 3.22. The fraction of sp³-hybridized carbons (Fsp3) is 0.200. The van der Waals surface area contributed by atoms with Crippen molar-refractivity contribution < 1.29 is 14.3 Å². The molecule has 148 valence electrons. The summed E-state index contributed by atoms with van der Waals surface area (Å²) >= 11 is 1.47. The van der Waals surface area contributed by atoms with Crippen LogP contribution in [0.15, 0.2) is 58.8 Å². The van der Waals surface area contributed by atoms with Gasteiger partial charge in [0.1, 0.15) is 23.1 Å². The lowest BCUT2D eigenvalue weighted by Crippen LogP contribution is -2.22. The highest BCUT2D eigenvalue weighted by atomic mass is 32.2. The highest BCUT2D eigenvalue weighted by Crippen LogP contribution is 2.34. The average molecular weight is 409 g/mol. The van der Waals surface area contributed by atoms with Gasteiger partial charge in [0.25, 0.3) is 5.91 Å². The Bertz CT molecular complexity index is 1060. The highest BCUT2D eigenvalue weighted by molar-refractivity contribution is 7.99. The number of rotatable bonds is 6. The van der Waals surface area contributed by atoms with Gasteiger partial charge in [-0.05, 0) is 48.9 Å². The number of nitrogens with one attached hydrogen (secondary N) is 2. The molecule has 0 saturated carbocycles. The summed E-state index contributed by atoms with van der Waals surface area (Å²) in [6, 6.07) is 10.3. The van der Waals surface area contributed by atoms with E-state index in [0.717, 1.165) is 26.9 Å². The molecule has 0 aliphatic carbocycles. The molecule has 2 aromatic heterocycles. The summed E-state index contributed by atoms with van der Waals surface area (Å²) in [6.45, 7) is 2.42. The van der Waals surface area contributed by atoms with Gasteiger partial charge in [-0.2, -0.15) is 0 Å². The van der Waals surface area contributed by atoms with Crippen LogP contribution in [-0.2, 0) is 18.4 Å². The topological polar surface area (TPSA) is 98.1 Å². The Kier molecular flexibility index (Phi) is 5.22. The van der Waals surface area contributed by atoms with Gasteiger partial charge in [0.05, 0.1) is 6.33 Å². The molecule has 2 N–H and O–H groups in total. The van der Waals surface area contributed by atoms with E-state index in [4.69, 9.17) is 4.74 Å². The van der Waals surface area contributed by atoms with Gasteiger partial charge in [0, 0.05) is 23.8 Å². The molecule has 9 heteroatoms. The van der Waals surface area contributed by atoms with Crippen LogP contribution in [0.25, 0.3) is 0 Å². The van der Waals surface area contributed by atoms with Crippen LogP contribution in [0.5, 0.6) is 5.75 Å². The maximum absolute atomic E-state index is 12.0. The van der Waals surface area contributed by atoms with Gasteiger partial charge in [-0.15, -0.1) is 0 Å². The van der Waals surface area contributed by atoms with E-state index in [0.29, 0.717) is 12.3 Å². The minimum atomic E-state index is -0.780. The molecule has 1 unspecified atom stereocenters. The lowest BCUT2D eigenvalue weighted by atomic mass is 10.2. The van der Waals surface area contributed by atoms with E-state index in [1.165, 1.54) is 11.8 Å². The molecule has 1 aliphatic heterocycles. The number of amides is 3. The third-order valence-electron chi connectivity index (χ3n) is 4.36. The summed E-state index contributed by atoms with van der Waals surface area (Å²) in [5, 5.41) is 5.61. The van der Waals surface area contributed by atoms with Crippen molar-refractivity contribution in [2.75, 3.05) is 0 Å². The van der Waals surface area contributed by atoms with Crippen LogP contribution in [0, 0.1) is 6.92 Å². The number of aromatic nitrogens is 3. The molecule has 29 heavy (non-hydrogen) atoms. The van der Waals surface area contributed by atoms with E-state index in [1.54, 1.807) is 12.5 Å². The van der Waals surface area contributed by atoms with Crippen LogP contribution in [0.4, 0.5) is 4.79 Å². The van der Waals surface area contributed by atoms with Gasteiger partial charge in [-0.1, -0.05) is 11.8 Å². The number of pyridine rings is 1. The maximum atomic E-state index is 12.0. The highest BCUT2D eigenvalue weighted by Gasteiger charge is 2.35. The minimum Gasteiger partial charge on any atom is -0.489 e. The van der Waals surface area contributed by atoms with Gasteiger partial charge in [0.15, 0.2) is 6.04 Å².